The van der Waals surface area contributed by atoms with Crippen molar-refractivity contribution in [3.05, 3.63) is 35.6 Å². The van der Waals surface area contributed by atoms with Crippen LogP contribution in [0.5, 0.6) is 0 Å². The number of hydrogen-bond acceptors (Lipinski definition) is 3. The summed E-state index contributed by atoms with van der Waals surface area (Å²) < 4.78 is 13.5. The molecule has 1 heterocycles. The molecule has 1 aliphatic rings. The molecular formula is C21H34FN5O. The Balaban J connectivity index is 1.84. The Morgan fingerprint density at radius 2 is 1.93 bits per heavy atom. The van der Waals surface area contributed by atoms with Crippen LogP contribution in [0.1, 0.15) is 33.3 Å². The molecule has 28 heavy (non-hydrogen) atoms. The van der Waals surface area contributed by atoms with Gasteiger partial charge in [-0.2, -0.15) is 0 Å². The van der Waals surface area contributed by atoms with E-state index in [1.54, 1.807) is 19.1 Å². The number of nitrogens with zero attached hydrogens (tertiary/aromatic N) is 3. The third kappa shape index (κ3) is 6.78. The molecule has 6 nitrogen and oxygen atoms in total. The predicted molar refractivity (Wildman–Crippen MR) is 112 cm³/mol. The van der Waals surface area contributed by atoms with E-state index in [0.717, 1.165) is 57.3 Å². The Bertz CT molecular complexity index is 669. The van der Waals surface area contributed by atoms with Gasteiger partial charge in [0.15, 0.2) is 5.96 Å². The Kier molecular flexibility index (Phi) is 8.23. The van der Waals surface area contributed by atoms with E-state index in [1.165, 1.54) is 6.07 Å². The highest BCUT2D eigenvalue weighted by atomic mass is 19.1. The SMILES string of the molecule is CCNC(=NCC(C)(C)c1cccc(F)c1)NCCN1CCN(C(C)=O)CC1. The number of carbonyl (C=O) groups is 1. The van der Waals surface area contributed by atoms with Crippen LogP contribution in [0.15, 0.2) is 29.3 Å². The van der Waals surface area contributed by atoms with Gasteiger partial charge < -0.3 is 15.5 Å². The molecule has 1 fully saturated rings. The number of rotatable bonds is 7. The standard InChI is InChI=1S/C21H34FN5O/c1-5-23-20(24-9-10-26-11-13-27(14-12-26)17(2)28)25-16-21(3,4)18-7-6-8-19(22)15-18/h6-8,15H,5,9-14,16H2,1-4H3,(H2,23,24,25). The highest BCUT2D eigenvalue weighted by molar-refractivity contribution is 5.79. The van der Waals surface area contributed by atoms with E-state index in [2.05, 4.69) is 29.4 Å². The van der Waals surface area contributed by atoms with Gasteiger partial charge in [0.1, 0.15) is 5.82 Å². The van der Waals surface area contributed by atoms with Gasteiger partial charge in [0.2, 0.25) is 5.91 Å². The van der Waals surface area contributed by atoms with Crippen molar-refractivity contribution in [2.24, 2.45) is 4.99 Å². The molecule has 1 aromatic carbocycles. The van der Waals surface area contributed by atoms with Crippen molar-refractivity contribution in [3.63, 3.8) is 0 Å². The fourth-order valence-electron chi connectivity index (χ4n) is 3.24. The Labute approximate surface area is 168 Å². The Hall–Kier alpha value is -2.15. The molecule has 0 unspecified atom stereocenters. The molecule has 2 rings (SSSR count). The fraction of sp³-hybridized carbons (Fsp3) is 0.619. The molecule has 0 spiro atoms. The highest BCUT2D eigenvalue weighted by Crippen LogP contribution is 2.24. The number of guanidine groups is 1. The summed E-state index contributed by atoms with van der Waals surface area (Å²) in [5.41, 5.74) is 0.684. The number of aliphatic imine (C=N–C) groups is 1. The Morgan fingerprint density at radius 3 is 2.54 bits per heavy atom. The topological polar surface area (TPSA) is 60.0 Å². The smallest absolute Gasteiger partial charge is 0.219 e. The molecule has 156 valence electrons. The molecule has 0 radical (unpaired) electrons. The lowest BCUT2D eigenvalue weighted by Crippen LogP contribution is -2.50. The van der Waals surface area contributed by atoms with Crippen LogP contribution in [0.4, 0.5) is 4.39 Å². The van der Waals surface area contributed by atoms with Crippen LogP contribution in [0.25, 0.3) is 0 Å². The van der Waals surface area contributed by atoms with E-state index in [0.29, 0.717) is 6.54 Å². The van der Waals surface area contributed by atoms with Crippen molar-refractivity contribution in [2.75, 3.05) is 52.4 Å². The third-order valence-electron chi connectivity index (χ3n) is 5.12. The number of piperazine rings is 1. The first kappa shape index (κ1) is 22.1. The maximum Gasteiger partial charge on any atom is 0.219 e. The van der Waals surface area contributed by atoms with Crippen molar-refractivity contribution < 1.29 is 9.18 Å². The molecule has 0 aromatic heterocycles. The first-order valence-electron chi connectivity index (χ1n) is 10.1. The van der Waals surface area contributed by atoms with Crippen LogP contribution in [0, 0.1) is 5.82 Å². The van der Waals surface area contributed by atoms with Crippen LogP contribution >= 0.6 is 0 Å². The van der Waals surface area contributed by atoms with Gasteiger partial charge in [-0.25, -0.2) is 4.39 Å². The summed E-state index contributed by atoms with van der Waals surface area (Å²) in [4.78, 5) is 20.4. The Morgan fingerprint density at radius 1 is 1.21 bits per heavy atom. The number of amides is 1. The molecule has 1 amide bonds. The zero-order chi connectivity index (χ0) is 20.6. The molecule has 0 atom stereocenters. The van der Waals surface area contributed by atoms with Gasteiger partial charge in [0, 0.05) is 58.2 Å². The van der Waals surface area contributed by atoms with Crippen molar-refractivity contribution in [1.29, 1.82) is 0 Å². The zero-order valence-electron chi connectivity index (χ0n) is 17.6. The van der Waals surface area contributed by atoms with E-state index >= 15 is 0 Å². The van der Waals surface area contributed by atoms with Gasteiger partial charge in [-0.05, 0) is 24.6 Å². The summed E-state index contributed by atoms with van der Waals surface area (Å²) in [5.74, 6) is 0.707. The predicted octanol–water partition coefficient (Wildman–Crippen LogP) is 1.82. The molecule has 0 saturated carbocycles. The van der Waals surface area contributed by atoms with Gasteiger partial charge in [-0.3, -0.25) is 14.7 Å². The third-order valence-corrected chi connectivity index (χ3v) is 5.12. The second-order valence-corrected chi connectivity index (χ2v) is 7.86. The number of carbonyl (C=O) groups excluding carboxylic acids is 1. The van der Waals surface area contributed by atoms with E-state index in [-0.39, 0.29) is 17.1 Å². The number of benzene rings is 1. The van der Waals surface area contributed by atoms with Crippen LogP contribution < -0.4 is 10.6 Å². The average Bonchev–Trinajstić information content (AvgIpc) is 2.66. The van der Waals surface area contributed by atoms with Gasteiger partial charge in [-0.15, -0.1) is 0 Å². The maximum atomic E-state index is 13.5. The lowest BCUT2D eigenvalue weighted by Gasteiger charge is -2.34. The van der Waals surface area contributed by atoms with Gasteiger partial charge in [0.05, 0.1) is 6.54 Å². The van der Waals surface area contributed by atoms with E-state index < -0.39 is 0 Å². The fourth-order valence-corrected chi connectivity index (χ4v) is 3.24. The maximum absolute atomic E-state index is 13.5. The molecule has 1 saturated heterocycles. The minimum Gasteiger partial charge on any atom is -0.357 e. The highest BCUT2D eigenvalue weighted by Gasteiger charge is 2.21. The summed E-state index contributed by atoms with van der Waals surface area (Å²) in [6.07, 6.45) is 0. The van der Waals surface area contributed by atoms with E-state index in [1.807, 2.05) is 17.9 Å². The minimum absolute atomic E-state index is 0.153. The number of nitrogens with one attached hydrogen (secondary N) is 2. The number of hydrogen-bond donors (Lipinski definition) is 2. The minimum atomic E-state index is -0.256. The summed E-state index contributed by atoms with van der Waals surface area (Å²) in [7, 11) is 0. The largest absolute Gasteiger partial charge is 0.357 e. The van der Waals surface area contributed by atoms with Crippen molar-refractivity contribution in [1.82, 2.24) is 20.4 Å². The van der Waals surface area contributed by atoms with Gasteiger partial charge >= 0.3 is 0 Å². The summed E-state index contributed by atoms with van der Waals surface area (Å²) in [5, 5.41) is 6.65. The first-order chi connectivity index (χ1) is 13.3. The van der Waals surface area contributed by atoms with Crippen LogP contribution in [-0.2, 0) is 10.2 Å². The summed E-state index contributed by atoms with van der Waals surface area (Å²) >= 11 is 0. The first-order valence-corrected chi connectivity index (χ1v) is 10.1. The number of halogens is 1. The van der Waals surface area contributed by atoms with E-state index in [4.69, 9.17) is 4.99 Å². The van der Waals surface area contributed by atoms with E-state index in [9.17, 15) is 9.18 Å². The molecule has 1 aromatic rings. The monoisotopic (exact) mass is 391 g/mol. The second kappa shape index (κ2) is 10.4. The van der Waals surface area contributed by atoms with Gasteiger partial charge in [-0.1, -0.05) is 26.0 Å². The quantitative estimate of drug-likeness (QED) is 0.550. The van der Waals surface area contributed by atoms with Crippen molar-refractivity contribution in [2.45, 2.75) is 33.1 Å². The molecule has 0 aliphatic carbocycles. The molecule has 0 bridgehead atoms. The molecule has 7 heteroatoms. The summed E-state index contributed by atoms with van der Waals surface area (Å²) in [6.45, 7) is 14.2. The summed E-state index contributed by atoms with van der Waals surface area (Å²) in [6, 6.07) is 6.73. The van der Waals surface area contributed by atoms with Gasteiger partial charge in [0.25, 0.3) is 0 Å². The zero-order valence-corrected chi connectivity index (χ0v) is 17.6. The van der Waals surface area contributed by atoms with Crippen molar-refractivity contribution >= 4 is 11.9 Å². The molecule has 1 aliphatic heterocycles. The molecule has 2 N–H and O–H groups in total. The second-order valence-electron chi connectivity index (χ2n) is 7.86. The normalized spacial score (nSPS) is 16.2. The lowest BCUT2D eigenvalue weighted by atomic mass is 9.85. The molecular weight excluding hydrogens is 357 g/mol. The van der Waals surface area contributed by atoms with Crippen LogP contribution in [0.2, 0.25) is 0 Å². The van der Waals surface area contributed by atoms with Crippen LogP contribution in [-0.4, -0.2) is 74.0 Å². The van der Waals surface area contributed by atoms with Crippen LogP contribution in [0.3, 0.4) is 0 Å². The van der Waals surface area contributed by atoms with Crippen molar-refractivity contribution in [3.8, 4) is 0 Å². The average molecular weight is 392 g/mol. The lowest BCUT2D eigenvalue weighted by molar-refractivity contribution is -0.130.